The molecular formula is C21H34N2O6. The largest absolute Gasteiger partial charge is 0.632 e. The molecule has 1 aliphatic heterocycles. The van der Waals surface area contributed by atoms with Gasteiger partial charge in [-0.1, -0.05) is 25.0 Å². The van der Waals surface area contributed by atoms with Crippen molar-refractivity contribution < 1.29 is 29.1 Å². The van der Waals surface area contributed by atoms with E-state index in [-0.39, 0.29) is 23.7 Å². The Morgan fingerprint density at radius 2 is 2.00 bits per heavy atom. The second-order valence-electron chi connectivity index (χ2n) is 7.69. The molecule has 3 atom stereocenters. The molecule has 0 saturated carbocycles. The predicted molar refractivity (Wildman–Crippen MR) is 110 cm³/mol. The number of unbranched alkanes of at least 4 members (excludes halogenated alkanes) is 3. The van der Waals surface area contributed by atoms with E-state index in [1.807, 2.05) is 12.1 Å². The average Bonchev–Trinajstić information content (AvgIpc) is 3.08. The molecule has 3 N–H and O–H groups in total. The minimum atomic E-state index is -0.756. The number of methoxy groups -OCH3 is 1. The van der Waals surface area contributed by atoms with Gasteiger partial charge in [-0.15, -0.1) is 0 Å². The lowest BCUT2D eigenvalue weighted by Crippen LogP contribution is -2.49. The van der Waals surface area contributed by atoms with E-state index in [9.17, 15) is 15.1 Å². The van der Waals surface area contributed by atoms with Crippen LogP contribution in [0.25, 0.3) is 0 Å². The quantitative estimate of drug-likeness (QED) is 0.245. The number of para-hydroxylation sites is 2. The molecule has 1 saturated heterocycles. The first-order chi connectivity index (χ1) is 13.9. The smallest absolute Gasteiger partial charge is 0.303 e. The van der Waals surface area contributed by atoms with E-state index in [2.05, 4.69) is 5.32 Å². The molecule has 3 unspecified atom stereocenters. The fourth-order valence-electron chi connectivity index (χ4n) is 3.70. The highest BCUT2D eigenvalue weighted by molar-refractivity contribution is 5.66. The number of carboxylic acid groups (broad SMARTS) is 1. The van der Waals surface area contributed by atoms with Gasteiger partial charge < -0.3 is 29.5 Å². The van der Waals surface area contributed by atoms with Crippen LogP contribution in [0.3, 0.4) is 0 Å². The summed E-state index contributed by atoms with van der Waals surface area (Å²) in [4.78, 5) is 10.5. The molecule has 0 aliphatic carbocycles. The van der Waals surface area contributed by atoms with Crippen molar-refractivity contribution in [1.82, 2.24) is 5.32 Å². The number of nitrogens with zero attached hydrogens (tertiary/aromatic N) is 1. The van der Waals surface area contributed by atoms with Crippen LogP contribution >= 0.6 is 0 Å². The number of hydrogen-bond acceptors (Lipinski definition) is 6. The van der Waals surface area contributed by atoms with Crippen LogP contribution in [0.15, 0.2) is 24.3 Å². The summed E-state index contributed by atoms with van der Waals surface area (Å²) in [5, 5.41) is 35.3. The molecule has 0 spiro atoms. The van der Waals surface area contributed by atoms with Gasteiger partial charge in [0, 0.05) is 19.3 Å². The van der Waals surface area contributed by atoms with Crippen LogP contribution in [-0.2, 0) is 4.79 Å². The first-order valence-corrected chi connectivity index (χ1v) is 10.4. The standard InChI is InChI=1S/C21H34N2O6/c1-28-19-9-6-7-10-20(19)29-15-18(24)12-13-23(27)16-22-14-17(23)8-4-2-3-5-11-21(25)26/h6-7,9-10,17-18,22,24H,2-5,8,11-16H2,1H3,(H,25,26). The SMILES string of the molecule is COc1ccccc1OCC(O)CC[N+]1([O-])CNCC1CCCCCCC(=O)O. The van der Waals surface area contributed by atoms with E-state index in [0.29, 0.717) is 44.1 Å². The fourth-order valence-corrected chi connectivity index (χ4v) is 3.70. The lowest BCUT2D eigenvalue weighted by atomic mass is 10.1. The van der Waals surface area contributed by atoms with Gasteiger partial charge in [-0.05, 0) is 25.0 Å². The maximum absolute atomic E-state index is 13.1. The predicted octanol–water partition coefficient (Wildman–Crippen LogP) is 2.49. The Labute approximate surface area is 172 Å². The molecule has 8 nitrogen and oxygen atoms in total. The number of hydrogen-bond donors (Lipinski definition) is 3. The number of benzene rings is 1. The van der Waals surface area contributed by atoms with Crippen molar-refractivity contribution in [2.45, 2.75) is 57.1 Å². The van der Waals surface area contributed by atoms with Crippen LogP contribution in [-0.4, -0.2) is 66.4 Å². The molecule has 0 radical (unpaired) electrons. The highest BCUT2D eigenvalue weighted by Crippen LogP contribution is 2.26. The number of rotatable bonds is 14. The number of nitrogens with one attached hydrogen (secondary N) is 1. The lowest BCUT2D eigenvalue weighted by Gasteiger charge is -2.43. The Hall–Kier alpha value is -1.87. The van der Waals surface area contributed by atoms with Gasteiger partial charge in [-0.25, -0.2) is 0 Å². The molecule has 0 bridgehead atoms. The Kier molecular flexibility index (Phi) is 9.66. The van der Waals surface area contributed by atoms with Crippen molar-refractivity contribution in [1.29, 1.82) is 0 Å². The maximum Gasteiger partial charge on any atom is 0.303 e. The first-order valence-electron chi connectivity index (χ1n) is 10.4. The number of aliphatic hydroxyl groups excluding tert-OH is 1. The second-order valence-corrected chi connectivity index (χ2v) is 7.69. The fraction of sp³-hybridized carbons (Fsp3) is 0.667. The topological polar surface area (TPSA) is 111 Å². The van der Waals surface area contributed by atoms with E-state index in [4.69, 9.17) is 14.6 Å². The van der Waals surface area contributed by atoms with Crippen molar-refractivity contribution in [3.05, 3.63) is 29.5 Å². The third kappa shape index (κ3) is 7.81. The first kappa shape index (κ1) is 23.4. The third-order valence-electron chi connectivity index (χ3n) is 5.44. The Morgan fingerprint density at radius 3 is 2.72 bits per heavy atom. The van der Waals surface area contributed by atoms with Crippen LogP contribution in [0.1, 0.15) is 44.9 Å². The summed E-state index contributed by atoms with van der Waals surface area (Å²) >= 11 is 0. The number of hydroxylamine groups is 3. The van der Waals surface area contributed by atoms with Crippen LogP contribution in [0.2, 0.25) is 0 Å². The molecule has 164 valence electrons. The van der Waals surface area contributed by atoms with Crippen molar-refractivity contribution >= 4 is 5.97 Å². The van der Waals surface area contributed by atoms with Crippen LogP contribution < -0.4 is 14.8 Å². The summed E-state index contributed by atoms with van der Waals surface area (Å²) in [6, 6.07) is 7.24. The molecule has 1 aliphatic rings. The van der Waals surface area contributed by atoms with E-state index in [0.717, 1.165) is 25.7 Å². The summed E-state index contributed by atoms with van der Waals surface area (Å²) in [7, 11) is 1.57. The zero-order chi connectivity index (χ0) is 21.1. The second kappa shape index (κ2) is 12.0. The van der Waals surface area contributed by atoms with Crippen LogP contribution in [0.5, 0.6) is 11.5 Å². The molecule has 1 aromatic rings. The molecule has 0 amide bonds. The molecule has 8 heteroatoms. The van der Waals surface area contributed by atoms with Crippen molar-refractivity contribution in [3.8, 4) is 11.5 Å². The Balaban J connectivity index is 1.69. The van der Waals surface area contributed by atoms with Gasteiger partial charge in [0.1, 0.15) is 19.3 Å². The van der Waals surface area contributed by atoms with Gasteiger partial charge in [0.05, 0.1) is 26.3 Å². The van der Waals surface area contributed by atoms with Gasteiger partial charge in [0.15, 0.2) is 11.5 Å². The molecule has 2 rings (SSSR count). The highest BCUT2D eigenvalue weighted by Gasteiger charge is 2.34. The molecule has 0 aromatic heterocycles. The van der Waals surface area contributed by atoms with Crippen LogP contribution in [0.4, 0.5) is 0 Å². The van der Waals surface area contributed by atoms with Gasteiger partial charge in [-0.3, -0.25) is 10.1 Å². The third-order valence-corrected chi connectivity index (χ3v) is 5.44. The lowest BCUT2D eigenvalue weighted by molar-refractivity contribution is -0.893. The molecular weight excluding hydrogens is 376 g/mol. The normalized spacial score (nSPS) is 22.4. The number of ether oxygens (including phenoxy) is 2. The minimum absolute atomic E-state index is 0.0168. The van der Waals surface area contributed by atoms with Gasteiger partial charge in [0.2, 0.25) is 0 Å². The minimum Gasteiger partial charge on any atom is -0.632 e. The zero-order valence-corrected chi connectivity index (χ0v) is 17.2. The summed E-state index contributed by atoms with van der Waals surface area (Å²) in [5.74, 6) is 0.427. The summed E-state index contributed by atoms with van der Waals surface area (Å²) in [6.45, 7) is 1.51. The Bertz CT molecular complexity index is 629. The number of quaternary nitrogens is 1. The molecule has 1 heterocycles. The van der Waals surface area contributed by atoms with E-state index in [1.165, 1.54) is 0 Å². The number of carbonyl (C=O) groups is 1. The van der Waals surface area contributed by atoms with Crippen LogP contribution in [0, 0.1) is 5.21 Å². The van der Waals surface area contributed by atoms with Crippen molar-refractivity contribution in [2.75, 3.05) is 33.5 Å². The molecule has 1 fully saturated rings. The highest BCUT2D eigenvalue weighted by atomic mass is 16.6. The average molecular weight is 411 g/mol. The molecule has 1 aromatic carbocycles. The number of carboxylic acids is 1. The number of aliphatic hydroxyl groups is 1. The summed E-state index contributed by atoms with van der Waals surface area (Å²) in [6.07, 6.45) is 4.11. The van der Waals surface area contributed by atoms with E-state index in [1.54, 1.807) is 19.2 Å². The summed E-state index contributed by atoms with van der Waals surface area (Å²) < 4.78 is 10.5. The number of aliphatic carboxylic acids is 1. The van der Waals surface area contributed by atoms with Gasteiger partial charge >= 0.3 is 5.97 Å². The Morgan fingerprint density at radius 1 is 1.28 bits per heavy atom. The zero-order valence-electron chi connectivity index (χ0n) is 17.2. The maximum atomic E-state index is 13.1. The van der Waals surface area contributed by atoms with Gasteiger partial charge in [0.25, 0.3) is 0 Å². The van der Waals surface area contributed by atoms with E-state index >= 15 is 0 Å². The summed E-state index contributed by atoms with van der Waals surface area (Å²) in [5.41, 5.74) is 0. The van der Waals surface area contributed by atoms with Crippen molar-refractivity contribution in [2.24, 2.45) is 0 Å². The monoisotopic (exact) mass is 410 g/mol. The van der Waals surface area contributed by atoms with Gasteiger partial charge in [-0.2, -0.15) is 0 Å². The van der Waals surface area contributed by atoms with E-state index < -0.39 is 12.1 Å². The van der Waals surface area contributed by atoms with Crippen molar-refractivity contribution in [3.63, 3.8) is 0 Å². The molecule has 29 heavy (non-hydrogen) atoms.